The molecule has 5 nitrogen and oxygen atoms in total. The number of halogens is 2. The van der Waals surface area contributed by atoms with Crippen LogP contribution < -0.4 is 5.32 Å². The monoisotopic (exact) mass is 433 g/mol. The van der Waals surface area contributed by atoms with E-state index in [0.717, 1.165) is 36.2 Å². The van der Waals surface area contributed by atoms with E-state index < -0.39 is 11.6 Å². The topological polar surface area (TPSA) is 58.4 Å². The van der Waals surface area contributed by atoms with E-state index in [-0.39, 0.29) is 12.1 Å². The van der Waals surface area contributed by atoms with Crippen molar-refractivity contribution in [2.24, 2.45) is 0 Å². The predicted octanol–water partition coefficient (Wildman–Crippen LogP) is 6.45. The number of benzene rings is 3. The number of amides is 2. The van der Waals surface area contributed by atoms with E-state index in [1.54, 1.807) is 23.1 Å². The van der Waals surface area contributed by atoms with Gasteiger partial charge in [0.2, 0.25) is 5.89 Å². The van der Waals surface area contributed by atoms with Gasteiger partial charge in [-0.1, -0.05) is 30.3 Å². The fraction of sp³-hybridized carbons (Fsp3) is 0.200. The van der Waals surface area contributed by atoms with Crippen molar-refractivity contribution >= 4 is 22.8 Å². The summed E-state index contributed by atoms with van der Waals surface area (Å²) in [7, 11) is 0. The highest BCUT2D eigenvalue weighted by atomic mass is 19.2. The third-order valence-corrected chi connectivity index (χ3v) is 5.84. The highest BCUT2D eigenvalue weighted by Gasteiger charge is 2.33. The van der Waals surface area contributed by atoms with Gasteiger partial charge >= 0.3 is 6.03 Å². The summed E-state index contributed by atoms with van der Waals surface area (Å²) in [5.41, 5.74) is 4.21. The number of rotatable bonds is 3. The molecule has 1 aliphatic rings. The molecule has 1 aliphatic heterocycles. The molecule has 0 unspecified atom stereocenters. The first-order valence-corrected chi connectivity index (χ1v) is 10.5. The molecule has 0 aliphatic carbocycles. The van der Waals surface area contributed by atoms with E-state index in [9.17, 15) is 13.6 Å². The Balaban J connectivity index is 1.41. The molecule has 1 aromatic heterocycles. The molecular weight excluding hydrogens is 412 g/mol. The SMILES string of the molecule is Cc1ccccc1NC(=O)N1CCC[C@H]1c1nc2cc(-c3ccc(F)c(F)c3)ccc2o1. The number of carbonyl (C=O) groups excluding carboxylic acids is 1. The molecule has 0 radical (unpaired) electrons. The van der Waals surface area contributed by atoms with Gasteiger partial charge in [0, 0.05) is 12.2 Å². The molecule has 162 valence electrons. The Hall–Kier alpha value is -3.74. The Bertz CT molecular complexity index is 1320. The first kappa shape index (κ1) is 20.2. The third kappa shape index (κ3) is 3.70. The Kier molecular flexibility index (Phi) is 5.09. The summed E-state index contributed by atoms with van der Waals surface area (Å²) in [6, 6.07) is 16.3. The number of aromatic nitrogens is 1. The number of nitrogens with zero attached hydrogens (tertiary/aromatic N) is 2. The van der Waals surface area contributed by atoms with Crippen LogP contribution in [-0.2, 0) is 0 Å². The van der Waals surface area contributed by atoms with Crippen molar-refractivity contribution in [2.75, 3.05) is 11.9 Å². The first-order chi connectivity index (χ1) is 15.5. The van der Waals surface area contributed by atoms with Gasteiger partial charge in [0.15, 0.2) is 17.2 Å². The lowest BCUT2D eigenvalue weighted by Gasteiger charge is -2.23. The Morgan fingerprint density at radius 3 is 2.66 bits per heavy atom. The second-order valence-electron chi connectivity index (χ2n) is 7.96. The predicted molar refractivity (Wildman–Crippen MR) is 118 cm³/mol. The number of nitrogens with one attached hydrogen (secondary N) is 1. The summed E-state index contributed by atoms with van der Waals surface area (Å²) in [5.74, 6) is -1.31. The van der Waals surface area contributed by atoms with E-state index in [2.05, 4.69) is 10.3 Å². The molecule has 2 amide bonds. The second-order valence-corrected chi connectivity index (χ2v) is 7.96. The van der Waals surface area contributed by atoms with Crippen molar-refractivity contribution in [3.63, 3.8) is 0 Å². The maximum Gasteiger partial charge on any atom is 0.322 e. The second kappa shape index (κ2) is 8.07. The van der Waals surface area contributed by atoms with Gasteiger partial charge in [-0.15, -0.1) is 0 Å². The zero-order valence-corrected chi connectivity index (χ0v) is 17.4. The average Bonchev–Trinajstić information content (AvgIpc) is 3.43. The van der Waals surface area contributed by atoms with Gasteiger partial charge in [-0.3, -0.25) is 0 Å². The molecule has 5 rings (SSSR count). The summed E-state index contributed by atoms with van der Waals surface area (Å²) in [6.07, 6.45) is 1.61. The minimum Gasteiger partial charge on any atom is -0.438 e. The van der Waals surface area contributed by atoms with Crippen LogP contribution in [-0.4, -0.2) is 22.5 Å². The Morgan fingerprint density at radius 2 is 1.84 bits per heavy atom. The number of para-hydroxylation sites is 1. The van der Waals surface area contributed by atoms with Gasteiger partial charge in [0.25, 0.3) is 0 Å². The number of likely N-dealkylation sites (tertiary alicyclic amines) is 1. The minimum absolute atomic E-state index is 0.188. The van der Waals surface area contributed by atoms with Crippen LogP contribution in [0.5, 0.6) is 0 Å². The van der Waals surface area contributed by atoms with E-state index in [1.807, 2.05) is 31.2 Å². The largest absolute Gasteiger partial charge is 0.438 e. The van der Waals surface area contributed by atoms with Crippen molar-refractivity contribution < 1.29 is 18.0 Å². The zero-order valence-electron chi connectivity index (χ0n) is 17.4. The number of aryl methyl sites for hydroxylation is 1. The van der Waals surface area contributed by atoms with Gasteiger partial charge in [0.05, 0.1) is 0 Å². The molecule has 1 atom stereocenters. The highest BCUT2D eigenvalue weighted by Crippen LogP contribution is 2.35. The van der Waals surface area contributed by atoms with Gasteiger partial charge < -0.3 is 14.6 Å². The number of urea groups is 1. The third-order valence-electron chi connectivity index (χ3n) is 5.84. The molecule has 0 spiro atoms. The molecule has 0 bridgehead atoms. The maximum atomic E-state index is 13.6. The van der Waals surface area contributed by atoms with Crippen LogP contribution >= 0.6 is 0 Å². The van der Waals surface area contributed by atoms with Gasteiger partial charge in [-0.2, -0.15) is 0 Å². The highest BCUT2D eigenvalue weighted by molar-refractivity contribution is 5.90. The quantitative estimate of drug-likeness (QED) is 0.404. The van der Waals surface area contributed by atoms with E-state index in [0.29, 0.717) is 34.7 Å². The Morgan fingerprint density at radius 1 is 1.06 bits per heavy atom. The summed E-state index contributed by atoms with van der Waals surface area (Å²) in [5, 5.41) is 2.98. The van der Waals surface area contributed by atoms with Crippen molar-refractivity contribution in [1.29, 1.82) is 0 Å². The zero-order chi connectivity index (χ0) is 22.2. The van der Waals surface area contributed by atoms with E-state index in [4.69, 9.17) is 4.42 Å². The molecule has 0 saturated carbocycles. The molecule has 1 saturated heterocycles. The normalized spacial score (nSPS) is 16.0. The number of hydrogen-bond donors (Lipinski definition) is 1. The van der Waals surface area contributed by atoms with Crippen LogP contribution in [0.4, 0.5) is 19.3 Å². The van der Waals surface area contributed by atoms with Crippen LogP contribution in [0.15, 0.2) is 65.1 Å². The fourth-order valence-corrected chi connectivity index (χ4v) is 4.11. The van der Waals surface area contributed by atoms with Crippen LogP contribution in [0.3, 0.4) is 0 Å². The van der Waals surface area contributed by atoms with Crippen molar-refractivity contribution in [3.05, 3.63) is 83.8 Å². The summed E-state index contributed by atoms with van der Waals surface area (Å²) < 4.78 is 32.9. The lowest BCUT2D eigenvalue weighted by molar-refractivity contribution is 0.199. The molecule has 7 heteroatoms. The van der Waals surface area contributed by atoms with Crippen LogP contribution in [0.25, 0.3) is 22.2 Å². The lowest BCUT2D eigenvalue weighted by Crippen LogP contribution is -2.34. The smallest absolute Gasteiger partial charge is 0.322 e. The van der Waals surface area contributed by atoms with Crippen LogP contribution in [0.2, 0.25) is 0 Å². The van der Waals surface area contributed by atoms with Gasteiger partial charge in [-0.05, 0) is 66.8 Å². The molecule has 3 aromatic carbocycles. The average molecular weight is 433 g/mol. The van der Waals surface area contributed by atoms with Crippen molar-refractivity contribution in [2.45, 2.75) is 25.8 Å². The molecule has 2 heterocycles. The maximum absolute atomic E-state index is 13.6. The van der Waals surface area contributed by atoms with Gasteiger partial charge in [0.1, 0.15) is 11.6 Å². The summed E-state index contributed by atoms with van der Waals surface area (Å²) in [6.45, 7) is 2.56. The van der Waals surface area contributed by atoms with Crippen LogP contribution in [0.1, 0.15) is 30.3 Å². The van der Waals surface area contributed by atoms with Crippen molar-refractivity contribution in [3.8, 4) is 11.1 Å². The summed E-state index contributed by atoms with van der Waals surface area (Å²) in [4.78, 5) is 19.3. The number of carbonyl (C=O) groups is 1. The number of hydrogen-bond acceptors (Lipinski definition) is 3. The Labute approximate surface area is 183 Å². The number of oxazole rings is 1. The van der Waals surface area contributed by atoms with Crippen LogP contribution in [0, 0.1) is 18.6 Å². The summed E-state index contributed by atoms with van der Waals surface area (Å²) >= 11 is 0. The minimum atomic E-state index is -0.898. The van der Waals surface area contributed by atoms with E-state index in [1.165, 1.54) is 6.07 Å². The number of fused-ring (bicyclic) bond motifs is 1. The molecule has 4 aromatic rings. The molecule has 1 N–H and O–H groups in total. The molecule has 32 heavy (non-hydrogen) atoms. The van der Waals surface area contributed by atoms with Gasteiger partial charge in [-0.25, -0.2) is 18.6 Å². The van der Waals surface area contributed by atoms with E-state index >= 15 is 0 Å². The molecule has 1 fully saturated rings. The first-order valence-electron chi connectivity index (χ1n) is 10.5. The number of anilines is 1. The van der Waals surface area contributed by atoms with Crippen molar-refractivity contribution in [1.82, 2.24) is 9.88 Å². The standard InChI is InChI=1S/C25H21F2N3O2/c1-15-5-2-3-6-20(15)29-25(31)30-12-4-7-22(30)24-28-21-14-17(9-11-23(21)32-24)16-8-10-18(26)19(27)13-16/h2-3,5-6,8-11,13-14,22H,4,7,12H2,1H3,(H,29,31)/t22-/m0/s1. The molecular formula is C25H21F2N3O2. The fourth-order valence-electron chi connectivity index (χ4n) is 4.11. The lowest BCUT2D eigenvalue weighted by atomic mass is 10.1.